The first-order valence-electron chi connectivity index (χ1n) is 7.72. The Morgan fingerprint density at radius 1 is 1.00 bits per heavy atom. The van der Waals surface area contributed by atoms with Gasteiger partial charge < -0.3 is 20.1 Å². The molecule has 0 aliphatic carbocycles. The molecule has 0 heterocycles. The maximum Gasteiger partial charge on any atom is 0.251 e. The van der Waals surface area contributed by atoms with Gasteiger partial charge in [-0.1, -0.05) is 0 Å². The molecule has 6 nitrogen and oxygen atoms in total. The van der Waals surface area contributed by atoms with E-state index in [9.17, 15) is 22.8 Å². The molecule has 0 aliphatic heterocycles. The molecule has 0 fully saturated rings. The van der Waals surface area contributed by atoms with Crippen LogP contribution in [0, 0.1) is 24.4 Å². The van der Waals surface area contributed by atoms with Crippen molar-refractivity contribution in [1.29, 1.82) is 0 Å². The molecule has 0 bridgehead atoms. The van der Waals surface area contributed by atoms with E-state index in [1.165, 1.54) is 26.4 Å². The van der Waals surface area contributed by atoms with E-state index in [0.717, 1.165) is 6.07 Å². The number of rotatable bonds is 6. The maximum absolute atomic E-state index is 13.5. The second-order valence-corrected chi connectivity index (χ2v) is 5.46. The smallest absolute Gasteiger partial charge is 0.251 e. The van der Waals surface area contributed by atoms with Crippen LogP contribution in [0.2, 0.25) is 0 Å². The van der Waals surface area contributed by atoms with Gasteiger partial charge in [-0.25, -0.2) is 13.2 Å². The van der Waals surface area contributed by atoms with Crippen molar-refractivity contribution in [3.05, 3.63) is 52.8 Å². The van der Waals surface area contributed by atoms with Gasteiger partial charge in [0, 0.05) is 11.1 Å². The highest BCUT2D eigenvalue weighted by Crippen LogP contribution is 2.29. The number of ether oxygens (including phenoxy) is 2. The van der Waals surface area contributed by atoms with Crippen LogP contribution >= 0.6 is 0 Å². The lowest BCUT2D eigenvalue weighted by Crippen LogP contribution is -2.33. The van der Waals surface area contributed by atoms with Gasteiger partial charge >= 0.3 is 0 Å². The normalized spacial score (nSPS) is 10.3. The third-order valence-electron chi connectivity index (χ3n) is 3.73. The Kier molecular flexibility index (Phi) is 6.27. The number of halogens is 3. The lowest BCUT2D eigenvalue weighted by molar-refractivity contribution is -0.115. The summed E-state index contributed by atoms with van der Waals surface area (Å²) in [4.78, 5) is 24.1. The average molecular weight is 382 g/mol. The molecule has 2 aromatic carbocycles. The summed E-state index contributed by atoms with van der Waals surface area (Å²) in [5, 5.41) is 4.39. The summed E-state index contributed by atoms with van der Waals surface area (Å²) in [6.07, 6.45) is 0. The quantitative estimate of drug-likeness (QED) is 0.754. The number of carbonyl (C=O) groups is 2. The van der Waals surface area contributed by atoms with Crippen LogP contribution in [0.3, 0.4) is 0 Å². The Morgan fingerprint density at radius 2 is 1.59 bits per heavy atom. The van der Waals surface area contributed by atoms with E-state index in [0.29, 0.717) is 23.1 Å². The highest BCUT2D eigenvalue weighted by atomic mass is 19.2. The number of hydrogen-bond acceptors (Lipinski definition) is 4. The number of nitrogens with one attached hydrogen (secondary N) is 2. The monoisotopic (exact) mass is 382 g/mol. The van der Waals surface area contributed by atoms with Gasteiger partial charge in [0.2, 0.25) is 5.91 Å². The van der Waals surface area contributed by atoms with Gasteiger partial charge in [0.15, 0.2) is 17.5 Å². The van der Waals surface area contributed by atoms with Crippen LogP contribution in [-0.4, -0.2) is 32.6 Å². The summed E-state index contributed by atoms with van der Waals surface area (Å²) in [5.41, 5.74) is 0.344. The summed E-state index contributed by atoms with van der Waals surface area (Å²) in [5.74, 6) is -5.17. The van der Waals surface area contributed by atoms with Crippen LogP contribution in [0.1, 0.15) is 15.9 Å². The van der Waals surface area contributed by atoms with Crippen molar-refractivity contribution >= 4 is 17.5 Å². The maximum atomic E-state index is 13.5. The number of amides is 2. The zero-order valence-corrected chi connectivity index (χ0v) is 14.8. The molecule has 0 atom stereocenters. The molecule has 0 saturated carbocycles. The van der Waals surface area contributed by atoms with Crippen molar-refractivity contribution in [3.63, 3.8) is 0 Å². The highest BCUT2D eigenvalue weighted by Gasteiger charge is 2.17. The number of benzene rings is 2. The molecular formula is C18H17F3N2O4. The average Bonchev–Trinajstić information content (AvgIpc) is 2.66. The molecule has 2 rings (SSSR count). The molecule has 9 heteroatoms. The van der Waals surface area contributed by atoms with Crippen LogP contribution in [0.15, 0.2) is 24.3 Å². The van der Waals surface area contributed by atoms with Gasteiger partial charge in [0.25, 0.3) is 5.91 Å². The zero-order valence-electron chi connectivity index (χ0n) is 14.8. The summed E-state index contributed by atoms with van der Waals surface area (Å²) < 4.78 is 49.9. The van der Waals surface area contributed by atoms with E-state index in [4.69, 9.17) is 9.47 Å². The van der Waals surface area contributed by atoms with Crippen molar-refractivity contribution in [2.24, 2.45) is 0 Å². The van der Waals surface area contributed by atoms with Gasteiger partial charge in [-0.05, 0) is 31.2 Å². The lowest BCUT2D eigenvalue weighted by atomic mass is 10.1. The Morgan fingerprint density at radius 3 is 2.15 bits per heavy atom. The molecule has 0 aliphatic rings. The Bertz CT molecular complexity index is 862. The van der Waals surface area contributed by atoms with Crippen molar-refractivity contribution in [2.45, 2.75) is 6.92 Å². The SMILES string of the molecule is COc1cc(C(=O)NCC(=O)Nc2ccc(F)c(F)c2F)cc(OC)c1C. The first-order valence-corrected chi connectivity index (χ1v) is 7.72. The number of anilines is 1. The lowest BCUT2D eigenvalue weighted by Gasteiger charge is -2.13. The minimum Gasteiger partial charge on any atom is -0.496 e. The van der Waals surface area contributed by atoms with E-state index in [1.807, 2.05) is 0 Å². The first kappa shape index (κ1) is 20.1. The van der Waals surface area contributed by atoms with Crippen LogP contribution in [-0.2, 0) is 4.79 Å². The topological polar surface area (TPSA) is 76.7 Å². The summed E-state index contributed by atoms with van der Waals surface area (Å²) in [7, 11) is 2.88. The van der Waals surface area contributed by atoms with Gasteiger partial charge in [0.05, 0.1) is 26.5 Å². The minimum absolute atomic E-state index is 0.182. The summed E-state index contributed by atoms with van der Waals surface area (Å²) in [6.45, 7) is 1.24. The second-order valence-electron chi connectivity index (χ2n) is 5.46. The first-order chi connectivity index (χ1) is 12.8. The fourth-order valence-corrected chi connectivity index (χ4v) is 2.30. The third kappa shape index (κ3) is 4.49. The largest absolute Gasteiger partial charge is 0.496 e. The molecule has 2 N–H and O–H groups in total. The molecular weight excluding hydrogens is 365 g/mol. The van der Waals surface area contributed by atoms with E-state index >= 15 is 0 Å². The summed E-state index contributed by atoms with van der Waals surface area (Å²) >= 11 is 0. The van der Waals surface area contributed by atoms with Gasteiger partial charge in [0.1, 0.15) is 11.5 Å². The Balaban J connectivity index is 2.05. The van der Waals surface area contributed by atoms with E-state index in [-0.39, 0.29) is 5.56 Å². The molecule has 0 radical (unpaired) electrons. The van der Waals surface area contributed by atoms with Gasteiger partial charge in [-0.15, -0.1) is 0 Å². The Hall–Kier alpha value is -3.23. The fraction of sp³-hybridized carbons (Fsp3) is 0.222. The van der Waals surface area contributed by atoms with Crippen molar-refractivity contribution in [1.82, 2.24) is 5.32 Å². The molecule has 0 unspecified atom stereocenters. The van der Waals surface area contributed by atoms with Crippen LogP contribution in [0.5, 0.6) is 11.5 Å². The molecule has 0 spiro atoms. The molecule has 144 valence electrons. The molecule has 2 aromatic rings. The van der Waals surface area contributed by atoms with E-state index < -0.39 is 41.5 Å². The number of hydrogen-bond donors (Lipinski definition) is 2. The fourth-order valence-electron chi connectivity index (χ4n) is 2.30. The predicted octanol–water partition coefficient (Wildman–Crippen LogP) is 2.80. The zero-order chi connectivity index (χ0) is 20.1. The van der Waals surface area contributed by atoms with Crippen molar-refractivity contribution < 1.29 is 32.2 Å². The predicted molar refractivity (Wildman–Crippen MR) is 91.6 cm³/mol. The van der Waals surface area contributed by atoms with Gasteiger partial charge in [-0.3, -0.25) is 9.59 Å². The van der Waals surface area contributed by atoms with Gasteiger partial charge in [-0.2, -0.15) is 0 Å². The minimum atomic E-state index is -1.70. The second kappa shape index (κ2) is 8.43. The van der Waals surface area contributed by atoms with E-state index in [2.05, 4.69) is 10.6 Å². The van der Waals surface area contributed by atoms with Crippen LogP contribution in [0.25, 0.3) is 0 Å². The molecule has 0 saturated heterocycles. The van der Waals surface area contributed by atoms with E-state index in [1.54, 1.807) is 6.92 Å². The Labute approximate surface area is 153 Å². The molecule has 27 heavy (non-hydrogen) atoms. The highest BCUT2D eigenvalue weighted by molar-refractivity contribution is 6.00. The van der Waals surface area contributed by atoms with Crippen molar-refractivity contribution in [3.8, 4) is 11.5 Å². The van der Waals surface area contributed by atoms with Crippen LogP contribution in [0.4, 0.5) is 18.9 Å². The van der Waals surface area contributed by atoms with Crippen molar-refractivity contribution in [2.75, 3.05) is 26.1 Å². The number of methoxy groups -OCH3 is 2. The number of carbonyl (C=O) groups excluding carboxylic acids is 2. The standard InChI is InChI=1S/C18H17F3N2O4/c1-9-13(26-2)6-10(7-14(9)27-3)18(25)22-8-15(24)23-12-5-4-11(19)16(20)17(12)21/h4-7H,8H2,1-3H3,(H,22,25)(H,23,24). The molecule has 0 aromatic heterocycles. The van der Waals surface area contributed by atoms with Crippen LogP contribution < -0.4 is 20.1 Å². The summed E-state index contributed by atoms with van der Waals surface area (Å²) in [6, 6.07) is 4.50. The third-order valence-corrected chi connectivity index (χ3v) is 3.73. The molecule has 2 amide bonds.